The van der Waals surface area contributed by atoms with Crippen LogP contribution < -0.4 is 5.32 Å². The molecule has 2 heterocycles. The Hall–Kier alpha value is -1.82. The Morgan fingerprint density at radius 1 is 1.60 bits per heavy atom. The first kappa shape index (κ1) is 14.6. The molecule has 1 aliphatic rings. The van der Waals surface area contributed by atoms with Gasteiger partial charge in [-0.05, 0) is 17.0 Å². The molecule has 1 aromatic rings. The van der Waals surface area contributed by atoms with Gasteiger partial charge in [0.05, 0.1) is 4.92 Å². The molecule has 0 spiro atoms. The molecule has 2 rings (SSSR count). The third kappa shape index (κ3) is 3.84. The fourth-order valence-electron chi connectivity index (χ4n) is 2.19. The van der Waals surface area contributed by atoms with Crippen molar-refractivity contribution >= 4 is 11.6 Å². The molecule has 6 nitrogen and oxygen atoms in total. The molecule has 0 aliphatic carbocycles. The molecule has 0 amide bonds. The van der Waals surface area contributed by atoms with Crippen LogP contribution in [-0.4, -0.2) is 27.9 Å². The monoisotopic (exact) mass is 296 g/mol. The Bertz CT molecular complexity index is 528. The highest BCUT2D eigenvalue weighted by molar-refractivity contribution is 6.29. The van der Waals surface area contributed by atoms with Crippen LogP contribution in [0.25, 0.3) is 0 Å². The highest BCUT2D eigenvalue weighted by Gasteiger charge is 2.30. The second kappa shape index (κ2) is 5.66. The summed E-state index contributed by atoms with van der Waals surface area (Å²) in [7, 11) is 0. The number of rotatable bonds is 3. The summed E-state index contributed by atoms with van der Waals surface area (Å²) in [5, 5.41) is 14.3. The molecule has 0 atom stereocenters. The summed E-state index contributed by atoms with van der Waals surface area (Å²) < 4.78 is 0. The number of pyridine rings is 1. The Labute approximate surface area is 122 Å². The van der Waals surface area contributed by atoms with Crippen LogP contribution in [0.5, 0.6) is 0 Å². The maximum Gasteiger partial charge on any atom is 0.274 e. The van der Waals surface area contributed by atoms with Crippen molar-refractivity contribution in [2.24, 2.45) is 5.41 Å². The summed E-state index contributed by atoms with van der Waals surface area (Å²) in [4.78, 5) is 16.3. The number of nitro groups is 1. The lowest BCUT2D eigenvalue weighted by molar-refractivity contribution is -0.405. The molecule has 0 saturated carbocycles. The van der Waals surface area contributed by atoms with E-state index < -0.39 is 4.92 Å². The van der Waals surface area contributed by atoms with E-state index in [1.165, 1.54) is 0 Å². The number of halogens is 1. The van der Waals surface area contributed by atoms with E-state index in [1.54, 1.807) is 12.3 Å². The number of aromatic nitrogens is 1. The topological polar surface area (TPSA) is 71.3 Å². The lowest BCUT2D eigenvalue weighted by atomic mass is 9.90. The Balaban J connectivity index is 2.19. The van der Waals surface area contributed by atoms with Crippen LogP contribution in [0.2, 0.25) is 5.15 Å². The normalized spacial score (nSPS) is 19.8. The number of hydrogen-bond acceptors (Lipinski definition) is 5. The Morgan fingerprint density at radius 2 is 2.35 bits per heavy atom. The van der Waals surface area contributed by atoms with Crippen molar-refractivity contribution in [3.8, 4) is 0 Å². The molecule has 0 aromatic carbocycles. The molecule has 0 radical (unpaired) electrons. The van der Waals surface area contributed by atoms with Gasteiger partial charge < -0.3 is 10.2 Å². The van der Waals surface area contributed by atoms with Gasteiger partial charge in [-0.25, -0.2) is 4.98 Å². The van der Waals surface area contributed by atoms with E-state index in [-0.39, 0.29) is 5.41 Å². The zero-order chi connectivity index (χ0) is 14.8. The van der Waals surface area contributed by atoms with E-state index in [2.05, 4.69) is 24.1 Å². The third-order valence-corrected chi connectivity index (χ3v) is 3.32. The first-order chi connectivity index (χ1) is 9.35. The molecule has 1 aromatic heterocycles. The average molecular weight is 297 g/mol. The Morgan fingerprint density at radius 3 is 2.95 bits per heavy atom. The lowest BCUT2D eigenvalue weighted by Crippen LogP contribution is -2.49. The molecule has 7 heteroatoms. The minimum absolute atomic E-state index is 0.0494. The van der Waals surface area contributed by atoms with E-state index >= 15 is 0 Å². The van der Waals surface area contributed by atoms with Gasteiger partial charge in [-0.2, -0.15) is 0 Å². The average Bonchev–Trinajstić information content (AvgIpc) is 2.35. The fourth-order valence-corrected chi connectivity index (χ4v) is 2.30. The van der Waals surface area contributed by atoms with Crippen molar-refractivity contribution in [3.05, 3.63) is 51.2 Å². The zero-order valence-corrected chi connectivity index (χ0v) is 12.2. The van der Waals surface area contributed by atoms with E-state index in [1.807, 2.05) is 11.0 Å². The van der Waals surface area contributed by atoms with Gasteiger partial charge >= 0.3 is 0 Å². The molecule has 0 unspecified atom stereocenters. The molecule has 1 N–H and O–H groups in total. The summed E-state index contributed by atoms with van der Waals surface area (Å²) in [5.74, 6) is 0.532. The minimum atomic E-state index is -0.437. The van der Waals surface area contributed by atoms with E-state index in [0.29, 0.717) is 24.1 Å². The quantitative estimate of drug-likeness (QED) is 0.526. The van der Waals surface area contributed by atoms with E-state index in [0.717, 1.165) is 18.3 Å². The van der Waals surface area contributed by atoms with E-state index in [9.17, 15) is 10.1 Å². The molecular formula is C13H17ClN4O2. The van der Waals surface area contributed by atoms with Gasteiger partial charge in [0.15, 0.2) is 5.82 Å². The highest BCUT2D eigenvalue weighted by atomic mass is 35.5. The van der Waals surface area contributed by atoms with Gasteiger partial charge in [0.1, 0.15) is 5.15 Å². The van der Waals surface area contributed by atoms with Crippen molar-refractivity contribution in [2.45, 2.75) is 20.4 Å². The van der Waals surface area contributed by atoms with Crippen molar-refractivity contribution in [1.82, 2.24) is 15.2 Å². The molecule has 1 fully saturated rings. The summed E-state index contributed by atoms with van der Waals surface area (Å²) >= 11 is 5.76. The van der Waals surface area contributed by atoms with Gasteiger partial charge in [-0.15, -0.1) is 0 Å². The van der Waals surface area contributed by atoms with Crippen LogP contribution in [0.15, 0.2) is 30.4 Å². The predicted octanol–water partition coefficient (Wildman–Crippen LogP) is 2.24. The summed E-state index contributed by atoms with van der Waals surface area (Å²) in [6.45, 7) is 6.25. The molecule has 20 heavy (non-hydrogen) atoms. The lowest BCUT2D eigenvalue weighted by Gasteiger charge is -2.40. The SMILES string of the molecule is CC1(C)CN/C(=C\[N+](=O)[O-])N(Cc2ccc(Cl)nc2)C1. The van der Waals surface area contributed by atoms with Gasteiger partial charge in [0.25, 0.3) is 6.20 Å². The molecule has 1 aliphatic heterocycles. The van der Waals surface area contributed by atoms with Crippen LogP contribution in [0, 0.1) is 15.5 Å². The zero-order valence-electron chi connectivity index (χ0n) is 11.5. The fraction of sp³-hybridized carbons (Fsp3) is 0.462. The van der Waals surface area contributed by atoms with Gasteiger partial charge in [0, 0.05) is 25.8 Å². The van der Waals surface area contributed by atoms with Gasteiger partial charge in [-0.3, -0.25) is 10.1 Å². The second-order valence-corrected chi connectivity index (χ2v) is 6.05. The maximum atomic E-state index is 10.7. The third-order valence-electron chi connectivity index (χ3n) is 3.10. The van der Waals surface area contributed by atoms with Crippen molar-refractivity contribution in [3.63, 3.8) is 0 Å². The molecule has 108 valence electrons. The van der Waals surface area contributed by atoms with Crippen molar-refractivity contribution in [1.29, 1.82) is 0 Å². The van der Waals surface area contributed by atoms with Crippen molar-refractivity contribution < 1.29 is 4.92 Å². The van der Waals surface area contributed by atoms with Crippen LogP contribution in [-0.2, 0) is 6.54 Å². The van der Waals surface area contributed by atoms with E-state index in [4.69, 9.17) is 11.6 Å². The first-order valence-corrected chi connectivity index (χ1v) is 6.68. The predicted molar refractivity (Wildman–Crippen MR) is 76.5 cm³/mol. The largest absolute Gasteiger partial charge is 0.366 e. The first-order valence-electron chi connectivity index (χ1n) is 6.30. The van der Waals surface area contributed by atoms with Gasteiger partial charge in [-0.1, -0.05) is 31.5 Å². The summed E-state index contributed by atoms with van der Waals surface area (Å²) in [6.07, 6.45) is 2.70. The number of nitrogens with zero attached hydrogens (tertiary/aromatic N) is 3. The van der Waals surface area contributed by atoms with Crippen LogP contribution in [0.3, 0.4) is 0 Å². The highest BCUT2D eigenvalue weighted by Crippen LogP contribution is 2.25. The molecular weight excluding hydrogens is 280 g/mol. The summed E-state index contributed by atoms with van der Waals surface area (Å²) in [5.41, 5.74) is 1.01. The standard InChI is InChI=1S/C13H17ClN4O2/c1-13(2)8-16-12(7-18(19)20)17(9-13)6-10-3-4-11(14)15-5-10/h3-5,7,16H,6,8-9H2,1-2H3/b12-7+. The van der Waals surface area contributed by atoms with Crippen LogP contribution in [0.1, 0.15) is 19.4 Å². The minimum Gasteiger partial charge on any atom is -0.366 e. The second-order valence-electron chi connectivity index (χ2n) is 5.66. The molecule has 1 saturated heterocycles. The number of nitrogens with one attached hydrogen (secondary N) is 1. The Kier molecular flexibility index (Phi) is 4.13. The summed E-state index contributed by atoms with van der Waals surface area (Å²) in [6, 6.07) is 3.59. The number of hydrogen-bond donors (Lipinski definition) is 1. The van der Waals surface area contributed by atoms with Gasteiger partial charge in [0.2, 0.25) is 0 Å². The van der Waals surface area contributed by atoms with Crippen molar-refractivity contribution in [2.75, 3.05) is 13.1 Å². The molecule has 0 bridgehead atoms. The maximum absolute atomic E-state index is 10.7. The smallest absolute Gasteiger partial charge is 0.274 e. The van der Waals surface area contributed by atoms with Crippen LogP contribution in [0.4, 0.5) is 0 Å². The van der Waals surface area contributed by atoms with Crippen LogP contribution >= 0.6 is 11.6 Å².